The molecule has 7 heteroatoms. The van der Waals surface area contributed by atoms with Gasteiger partial charge in [0.2, 0.25) is 0 Å². The van der Waals surface area contributed by atoms with E-state index >= 15 is 0 Å². The van der Waals surface area contributed by atoms with Crippen LogP contribution in [0.2, 0.25) is 5.02 Å². The van der Waals surface area contributed by atoms with E-state index in [2.05, 4.69) is 0 Å². The van der Waals surface area contributed by atoms with Crippen molar-refractivity contribution in [3.8, 4) is 5.75 Å². The topological polar surface area (TPSA) is 49.9 Å². The Morgan fingerprint density at radius 2 is 1.54 bits per heavy atom. The Hall–Kier alpha value is -2.60. The van der Waals surface area contributed by atoms with Crippen molar-refractivity contribution in [2.24, 2.45) is 0 Å². The van der Waals surface area contributed by atoms with Crippen LogP contribution in [0.4, 0.5) is 4.39 Å². The van der Waals surface area contributed by atoms with Gasteiger partial charge in [-0.25, -0.2) is 4.39 Å². The third-order valence-electron chi connectivity index (χ3n) is 4.35. The Labute approximate surface area is 155 Å². The number of rotatable bonds is 3. The highest BCUT2D eigenvalue weighted by Crippen LogP contribution is 2.19. The van der Waals surface area contributed by atoms with Gasteiger partial charge in [0, 0.05) is 42.8 Å². The van der Waals surface area contributed by atoms with Crippen LogP contribution >= 0.6 is 11.6 Å². The molecule has 0 N–H and O–H groups in total. The van der Waals surface area contributed by atoms with Crippen molar-refractivity contribution in [1.29, 1.82) is 0 Å². The van der Waals surface area contributed by atoms with Crippen LogP contribution in [0.1, 0.15) is 20.7 Å². The summed E-state index contributed by atoms with van der Waals surface area (Å²) in [7, 11) is 1.44. The van der Waals surface area contributed by atoms with E-state index in [4.69, 9.17) is 16.3 Å². The summed E-state index contributed by atoms with van der Waals surface area (Å²) in [6.07, 6.45) is 0. The number of amides is 2. The van der Waals surface area contributed by atoms with Crippen LogP contribution in [0.3, 0.4) is 0 Å². The second-order valence-corrected chi connectivity index (χ2v) is 6.37. The number of carbonyl (C=O) groups is 2. The first-order chi connectivity index (χ1) is 12.5. The standard InChI is InChI=1S/C19H18ClFN2O3/c1-26-15-6-7-16(17(21)12-15)19(25)23-10-8-22(9-11-23)18(24)13-2-4-14(20)5-3-13/h2-7,12H,8-11H2,1H3. The summed E-state index contributed by atoms with van der Waals surface area (Å²) in [5.74, 6) is -0.750. The molecule has 1 aliphatic rings. The van der Waals surface area contributed by atoms with Crippen LogP contribution in [-0.4, -0.2) is 54.9 Å². The minimum Gasteiger partial charge on any atom is -0.497 e. The molecule has 0 aromatic heterocycles. The van der Waals surface area contributed by atoms with E-state index in [1.165, 1.54) is 19.2 Å². The van der Waals surface area contributed by atoms with Crippen LogP contribution in [0.5, 0.6) is 5.75 Å². The number of hydrogen-bond donors (Lipinski definition) is 0. The highest BCUT2D eigenvalue weighted by molar-refractivity contribution is 6.30. The van der Waals surface area contributed by atoms with Gasteiger partial charge in [-0.1, -0.05) is 11.6 Å². The van der Waals surface area contributed by atoms with Gasteiger partial charge in [0.05, 0.1) is 12.7 Å². The highest BCUT2D eigenvalue weighted by atomic mass is 35.5. The zero-order valence-electron chi connectivity index (χ0n) is 14.2. The average Bonchev–Trinajstić information content (AvgIpc) is 2.67. The Kier molecular flexibility index (Phi) is 5.42. The maximum absolute atomic E-state index is 14.1. The minimum absolute atomic E-state index is 0.00303. The monoisotopic (exact) mass is 376 g/mol. The van der Waals surface area contributed by atoms with E-state index in [1.54, 1.807) is 40.1 Å². The van der Waals surface area contributed by atoms with Crippen LogP contribution in [0, 0.1) is 5.82 Å². The van der Waals surface area contributed by atoms with Gasteiger partial charge >= 0.3 is 0 Å². The van der Waals surface area contributed by atoms with Gasteiger partial charge in [0.15, 0.2) is 0 Å². The molecule has 1 aliphatic heterocycles. The maximum Gasteiger partial charge on any atom is 0.256 e. The van der Waals surface area contributed by atoms with Gasteiger partial charge in [0.1, 0.15) is 11.6 Å². The molecule has 1 saturated heterocycles. The van der Waals surface area contributed by atoms with Crippen LogP contribution < -0.4 is 4.74 Å². The molecule has 26 heavy (non-hydrogen) atoms. The number of halogens is 2. The number of carbonyl (C=O) groups excluding carboxylic acids is 2. The first-order valence-corrected chi connectivity index (χ1v) is 8.55. The van der Waals surface area contributed by atoms with Crippen molar-refractivity contribution in [2.45, 2.75) is 0 Å². The van der Waals surface area contributed by atoms with Crippen molar-refractivity contribution >= 4 is 23.4 Å². The predicted molar refractivity (Wildman–Crippen MR) is 96.2 cm³/mol. The molecule has 0 aliphatic carbocycles. The molecule has 1 fully saturated rings. The van der Waals surface area contributed by atoms with E-state index in [-0.39, 0.29) is 17.4 Å². The Morgan fingerprint density at radius 1 is 0.962 bits per heavy atom. The second-order valence-electron chi connectivity index (χ2n) is 5.94. The molecule has 136 valence electrons. The lowest BCUT2D eigenvalue weighted by Gasteiger charge is -2.35. The van der Waals surface area contributed by atoms with Crippen molar-refractivity contribution in [1.82, 2.24) is 9.80 Å². The normalized spacial score (nSPS) is 14.3. The first kappa shape index (κ1) is 18.2. The largest absolute Gasteiger partial charge is 0.497 e. The Bertz CT molecular complexity index is 818. The second kappa shape index (κ2) is 7.74. The summed E-state index contributed by atoms with van der Waals surface area (Å²) in [6.45, 7) is 1.49. The van der Waals surface area contributed by atoms with Crippen LogP contribution in [0.15, 0.2) is 42.5 Å². The van der Waals surface area contributed by atoms with Crippen LogP contribution in [0.25, 0.3) is 0 Å². The van der Waals surface area contributed by atoms with Gasteiger partial charge in [-0.3, -0.25) is 9.59 Å². The number of methoxy groups -OCH3 is 1. The number of hydrogen-bond acceptors (Lipinski definition) is 3. The van der Waals surface area contributed by atoms with E-state index in [0.717, 1.165) is 0 Å². The van der Waals surface area contributed by atoms with Gasteiger partial charge in [0.25, 0.3) is 11.8 Å². The molecule has 0 radical (unpaired) electrons. The lowest BCUT2D eigenvalue weighted by atomic mass is 10.1. The van der Waals surface area contributed by atoms with Crippen molar-refractivity contribution in [3.05, 3.63) is 64.4 Å². The molecule has 3 rings (SSSR count). The lowest BCUT2D eigenvalue weighted by molar-refractivity contribution is 0.0532. The summed E-state index contributed by atoms with van der Waals surface area (Å²) in [5, 5.41) is 0.568. The van der Waals surface area contributed by atoms with Crippen molar-refractivity contribution in [2.75, 3.05) is 33.3 Å². The molecule has 0 saturated carbocycles. The molecular weight excluding hydrogens is 359 g/mol. The summed E-state index contributed by atoms with van der Waals surface area (Å²) in [4.78, 5) is 28.2. The van der Waals surface area contributed by atoms with Gasteiger partial charge < -0.3 is 14.5 Å². The smallest absolute Gasteiger partial charge is 0.256 e. The number of benzene rings is 2. The minimum atomic E-state index is -0.617. The quantitative estimate of drug-likeness (QED) is 0.827. The lowest BCUT2D eigenvalue weighted by Crippen LogP contribution is -2.50. The fourth-order valence-electron chi connectivity index (χ4n) is 2.85. The number of ether oxygens (including phenoxy) is 1. The van der Waals surface area contributed by atoms with Crippen molar-refractivity contribution in [3.63, 3.8) is 0 Å². The molecule has 0 spiro atoms. The molecule has 2 aromatic rings. The van der Waals surface area contributed by atoms with Gasteiger partial charge in [-0.05, 0) is 36.4 Å². The third kappa shape index (κ3) is 3.80. The molecule has 2 amide bonds. The number of nitrogens with zero attached hydrogens (tertiary/aromatic N) is 2. The Morgan fingerprint density at radius 3 is 2.08 bits per heavy atom. The first-order valence-electron chi connectivity index (χ1n) is 8.17. The Balaban J connectivity index is 1.63. The van der Waals surface area contributed by atoms with E-state index in [1.807, 2.05) is 0 Å². The fourth-order valence-corrected chi connectivity index (χ4v) is 2.98. The van der Waals surface area contributed by atoms with Gasteiger partial charge in [-0.15, -0.1) is 0 Å². The maximum atomic E-state index is 14.1. The SMILES string of the molecule is COc1ccc(C(=O)N2CCN(C(=O)c3ccc(Cl)cc3)CC2)c(F)c1. The fraction of sp³-hybridized carbons (Fsp3) is 0.263. The molecule has 1 heterocycles. The molecule has 0 unspecified atom stereocenters. The highest BCUT2D eigenvalue weighted by Gasteiger charge is 2.26. The molecule has 0 bridgehead atoms. The number of piperazine rings is 1. The summed E-state index contributed by atoms with van der Waals surface area (Å²) >= 11 is 5.84. The molecule has 2 aromatic carbocycles. The molecular formula is C19H18ClFN2O3. The zero-order valence-corrected chi connectivity index (χ0v) is 15.0. The van der Waals surface area contributed by atoms with E-state index in [0.29, 0.717) is 42.5 Å². The molecule has 5 nitrogen and oxygen atoms in total. The predicted octanol–water partition coefficient (Wildman–Crippen LogP) is 3.09. The summed E-state index contributed by atoms with van der Waals surface area (Å²) < 4.78 is 19.0. The third-order valence-corrected chi connectivity index (χ3v) is 4.60. The van der Waals surface area contributed by atoms with Gasteiger partial charge in [-0.2, -0.15) is 0 Å². The molecule has 0 atom stereocenters. The van der Waals surface area contributed by atoms with E-state index in [9.17, 15) is 14.0 Å². The van der Waals surface area contributed by atoms with E-state index < -0.39 is 5.82 Å². The summed E-state index contributed by atoms with van der Waals surface area (Å²) in [5.41, 5.74) is 0.554. The van der Waals surface area contributed by atoms with Crippen molar-refractivity contribution < 1.29 is 18.7 Å². The zero-order chi connectivity index (χ0) is 18.7. The summed E-state index contributed by atoms with van der Waals surface area (Å²) in [6, 6.07) is 10.8. The average molecular weight is 377 g/mol. The van der Waals surface area contributed by atoms with Crippen LogP contribution in [-0.2, 0) is 0 Å².